The van der Waals surface area contributed by atoms with E-state index in [9.17, 15) is 18.3 Å². The molecule has 1 heterocycles. The number of rotatable bonds is 11. The lowest BCUT2D eigenvalue weighted by molar-refractivity contribution is -0.130. The van der Waals surface area contributed by atoms with E-state index in [2.05, 4.69) is 0 Å². The Hall–Kier alpha value is -2.42. The van der Waals surface area contributed by atoms with Crippen LogP contribution in [0.4, 0.5) is 0 Å². The van der Waals surface area contributed by atoms with Crippen molar-refractivity contribution in [2.45, 2.75) is 62.0 Å². The lowest BCUT2D eigenvalue weighted by atomic mass is 10.0. The van der Waals surface area contributed by atoms with Crippen LogP contribution in [0.5, 0.6) is 5.75 Å². The van der Waals surface area contributed by atoms with Crippen molar-refractivity contribution in [2.24, 2.45) is 5.92 Å². The number of aliphatic hydroxyl groups excluding tert-OH is 1. The number of hydrogen-bond donors (Lipinski definition) is 1. The van der Waals surface area contributed by atoms with Crippen LogP contribution in [0, 0.1) is 5.92 Å². The Morgan fingerprint density at radius 1 is 1.06 bits per heavy atom. The van der Waals surface area contributed by atoms with Crippen LogP contribution in [0.3, 0.4) is 0 Å². The highest BCUT2D eigenvalue weighted by molar-refractivity contribution is 7.89. The van der Waals surface area contributed by atoms with Crippen molar-refractivity contribution in [2.75, 3.05) is 26.7 Å². The predicted molar refractivity (Wildman–Crippen MR) is 135 cm³/mol. The van der Waals surface area contributed by atoms with E-state index in [1.165, 1.54) is 11.4 Å². The zero-order valence-corrected chi connectivity index (χ0v) is 21.2. The van der Waals surface area contributed by atoms with Gasteiger partial charge in [-0.3, -0.25) is 4.79 Å². The summed E-state index contributed by atoms with van der Waals surface area (Å²) in [6.45, 7) is 0.481. The number of hydrogen-bond acceptors (Lipinski definition) is 5. The second kappa shape index (κ2) is 11.5. The van der Waals surface area contributed by atoms with Crippen molar-refractivity contribution in [3.05, 3.63) is 60.2 Å². The molecule has 2 fully saturated rings. The highest BCUT2D eigenvalue weighted by Crippen LogP contribution is 2.29. The molecule has 1 aliphatic carbocycles. The van der Waals surface area contributed by atoms with Crippen molar-refractivity contribution < 1.29 is 23.1 Å². The molecule has 1 amide bonds. The molecule has 1 unspecified atom stereocenters. The van der Waals surface area contributed by atoms with E-state index in [1.54, 1.807) is 29.2 Å². The first-order valence-corrected chi connectivity index (χ1v) is 14.0. The molecule has 4 rings (SSSR count). The number of sulfonamides is 1. The third-order valence-corrected chi connectivity index (χ3v) is 9.07. The standard InChI is InChI=1S/C27H36N2O5S/c1-34-25-12-14-26(15-13-25)35(32,33)28(18-22-9-5-6-10-22)19-24(30)20-29-23(11-16-27(29)31)17-21-7-3-2-4-8-21/h2-4,7-8,12-15,22-24,30H,5-6,9-11,16-20H2,1H3/t23-,24?/m1/s1. The fourth-order valence-corrected chi connectivity index (χ4v) is 6.86. The molecule has 2 aromatic carbocycles. The smallest absolute Gasteiger partial charge is 0.243 e. The number of carbonyl (C=O) groups is 1. The minimum Gasteiger partial charge on any atom is -0.497 e. The average molecular weight is 501 g/mol. The summed E-state index contributed by atoms with van der Waals surface area (Å²) in [4.78, 5) is 14.5. The van der Waals surface area contributed by atoms with Crippen molar-refractivity contribution >= 4 is 15.9 Å². The van der Waals surface area contributed by atoms with Gasteiger partial charge in [-0.05, 0) is 61.4 Å². The van der Waals surface area contributed by atoms with Crippen LogP contribution < -0.4 is 4.74 Å². The quantitative estimate of drug-likeness (QED) is 0.511. The summed E-state index contributed by atoms with van der Waals surface area (Å²) in [6, 6.07) is 16.4. The number of likely N-dealkylation sites (tertiary alicyclic amines) is 1. The van der Waals surface area contributed by atoms with E-state index < -0.39 is 16.1 Å². The van der Waals surface area contributed by atoms with E-state index in [1.807, 2.05) is 30.3 Å². The molecule has 0 aromatic heterocycles. The fraction of sp³-hybridized carbons (Fsp3) is 0.519. The van der Waals surface area contributed by atoms with Crippen LogP contribution in [0.25, 0.3) is 0 Å². The Kier molecular flexibility index (Phi) is 8.46. The molecule has 0 bridgehead atoms. The molecule has 8 heteroatoms. The molecule has 2 aliphatic rings. The van der Waals surface area contributed by atoms with Crippen molar-refractivity contribution in [3.8, 4) is 5.75 Å². The van der Waals surface area contributed by atoms with Crippen LogP contribution in [0.2, 0.25) is 0 Å². The highest BCUT2D eigenvalue weighted by Gasteiger charge is 2.35. The molecule has 0 radical (unpaired) electrons. The van der Waals surface area contributed by atoms with Crippen molar-refractivity contribution in [1.29, 1.82) is 0 Å². The van der Waals surface area contributed by atoms with Gasteiger partial charge in [0, 0.05) is 32.1 Å². The summed E-state index contributed by atoms with van der Waals surface area (Å²) in [5, 5.41) is 11.0. The summed E-state index contributed by atoms with van der Waals surface area (Å²) in [7, 11) is -2.26. The number of β-amino-alcohol motifs (C(OH)–C–C–N with tert-alkyl or cyclic N) is 1. The van der Waals surface area contributed by atoms with E-state index in [0.29, 0.717) is 18.7 Å². The Morgan fingerprint density at radius 3 is 2.40 bits per heavy atom. The largest absolute Gasteiger partial charge is 0.497 e. The fourth-order valence-electron chi connectivity index (χ4n) is 5.31. The number of methoxy groups -OCH3 is 1. The van der Waals surface area contributed by atoms with Gasteiger partial charge in [0.1, 0.15) is 5.75 Å². The van der Waals surface area contributed by atoms with Gasteiger partial charge in [-0.1, -0.05) is 43.2 Å². The summed E-state index contributed by atoms with van der Waals surface area (Å²) in [5.74, 6) is 0.892. The van der Waals surface area contributed by atoms with E-state index in [0.717, 1.165) is 44.1 Å². The third-order valence-electron chi connectivity index (χ3n) is 7.22. The Balaban J connectivity index is 1.47. The number of benzene rings is 2. The SMILES string of the molecule is COc1ccc(S(=O)(=O)N(CC(O)CN2C(=O)CC[C@@H]2Cc2ccccc2)CC2CCCC2)cc1. The first kappa shape index (κ1) is 25.7. The molecule has 1 aliphatic heterocycles. The van der Waals surface area contributed by atoms with Crippen LogP contribution >= 0.6 is 0 Å². The number of amides is 1. The monoisotopic (exact) mass is 500 g/mol. The van der Waals surface area contributed by atoms with Gasteiger partial charge in [-0.2, -0.15) is 4.31 Å². The van der Waals surface area contributed by atoms with E-state index >= 15 is 0 Å². The van der Waals surface area contributed by atoms with E-state index in [4.69, 9.17) is 4.74 Å². The van der Waals surface area contributed by atoms with Crippen LogP contribution in [0.15, 0.2) is 59.5 Å². The van der Waals surface area contributed by atoms with Gasteiger partial charge in [0.2, 0.25) is 15.9 Å². The van der Waals surface area contributed by atoms with Gasteiger partial charge in [-0.15, -0.1) is 0 Å². The maximum atomic E-state index is 13.6. The normalized spacial score (nSPS) is 20.0. The first-order chi connectivity index (χ1) is 16.9. The maximum absolute atomic E-state index is 13.6. The lowest BCUT2D eigenvalue weighted by Crippen LogP contribution is -2.46. The molecule has 0 spiro atoms. The van der Waals surface area contributed by atoms with Crippen LogP contribution in [-0.2, 0) is 21.2 Å². The van der Waals surface area contributed by atoms with Gasteiger partial charge in [-0.25, -0.2) is 8.42 Å². The molecule has 2 atom stereocenters. The van der Waals surface area contributed by atoms with Gasteiger partial charge in [0.05, 0.1) is 18.1 Å². The number of carbonyl (C=O) groups excluding carboxylic acids is 1. The molecule has 1 saturated carbocycles. The number of ether oxygens (including phenoxy) is 1. The Labute approximate surface area is 208 Å². The zero-order chi connectivity index (χ0) is 24.8. The Morgan fingerprint density at radius 2 is 1.74 bits per heavy atom. The van der Waals surface area contributed by atoms with Crippen LogP contribution in [-0.4, -0.2) is 67.5 Å². The van der Waals surface area contributed by atoms with Gasteiger partial charge >= 0.3 is 0 Å². The first-order valence-electron chi connectivity index (χ1n) is 12.5. The van der Waals surface area contributed by atoms with Gasteiger partial charge < -0.3 is 14.7 Å². The third kappa shape index (κ3) is 6.42. The maximum Gasteiger partial charge on any atom is 0.243 e. The molecular formula is C27H36N2O5S. The Bertz CT molecular complexity index is 1070. The molecule has 1 saturated heterocycles. The molecular weight excluding hydrogens is 464 g/mol. The zero-order valence-electron chi connectivity index (χ0n) is 20.4. The summed E-state index contributed by atoms with van der Waals surface area (Å²) < 4.78 is 33.7. The van der Waals surface area contributed by atoms with Crippen LogP contribution in [0.1, 0.15) is 44.1 Å². The average Bonchev–Trinajstić information content (AvgIpc) is 3.50. The topological polar surface area (TPSA) is 87.2 Å². The molecule has 190 valence electrons. The number of nitrogens with zero attached hydrogens (tertiary/aromatic N) is 2. The highest BCUT2D eigenvalue weighted by atomic mass is 32.2. The van der Waals surface area contributed by atoms with Crippen molar-refractivity contribution in [3.63, 3.8) is 0 Å². The van der Waals surface area contributed by atoms with Gasteiger partial charge in [0.25, 0.3) is 0 Å². The number of aliphatic hydroxyl groups is 1. The predicted octanol–water partition coefficient (Wildman–Crippen LogP) is 3.47. The molecule has 7 nitrogen and oxygen atoms in total. The molecule has 1 N–H and O–H groups in total. The second-order valence-corrected chi connectivity index (χ2v) is 11.7. The molecule has 35 heavy (non-hydrogen) atoms. The molecule has 2 aromatic rings. The van der Waals surface area contributed by atoms with Gasteiger partial charge in [0.15, 0.2) is 0 Å². The van der Waals surface area contributed by atoms with E-state index in [-0.39, 0.29) is 35.9 Å². The second-order valence-electron chi connectivity index (χ2n) is 9.73. The van der Waals surface area contributed by atoms with Crippen molar-refractivity contribution in [1.82, 2.24) is 9.21 Å². The minimum absolute atomic E-state index is 0.0148. The summed E-state index contributed by atoms with van der Waals surface area (Å²) in [5.41, 5.74) is 1.15. The lowest BCUT2D eigenvalue weighted by Gasteiger charge is -2.31. The summed E-state index contributed by atoms with van der Waals surface area (Å²) in [6.07, 6.45) is 5.17. The summed E-state index contributed by atoms with van der Waals surface area (Å²) >= 11 is 0. The minimum atomic E-state index is -3.80.